The average Bonchev–Trinajstić information content (AvgIpc) is 2.74. The normalized spacial score (nSPS) is 10.4. The van der Waals surface area contributed by atoms with Gasteiger partial charge in [-0.2, -0.15) is 0 Å². The lowest BCUT2D eigenvalue weighted by Crippen LogP contribution is -2.27. The number of carbonyl (C=O) groups is 1. The van der Waals surface area contributed by atoms with E-state index in [1.54, 1.807) is 6.07 Å². The highest BCUT2D eigenvalue weighted by Crippen LogP contribution is 2.20. The fourth-order valence-electron chi connectivity index (χ4n) is 2.85. The van der Waals surface area contributed by atoms with Crippen LogP contribution in [0.1, 0.15) is 29.9 Å². The van der Waals surface area contributed by atoms with Gasteiger partial charge in [0.25, 0.3) is 5.91 Å². The van der Waals surface area contributed by atoms with E-state index in [0.29, 0.717) is 18.1 Å². The summed E-state index contributed by atoms with van der Waals surface area (Å²) in [5, 5.41) is 2.95. The lowest BCUT2D eigenvalue weighted by atomic mass is 10.2. The molecule has 0 fully saturated rings. The van der Waals surface area contributed by atoms with Crippen LogP contribution >= 0.6 is 0 Å². The number of nitrogens with zero attached hydrogens (tertiary/aromatic N) is 3. The average molecular weight is 360 g/mol. The summed E-state index contributed by atoms with van der Waals surface area (Å²) in [5.74, 6) is 1.12. The molecule has 0 atom stereocenters. The lowest BCUT2D eigenvalue weighted by molar-refractivity contribution is 0.0946. The van der Waals surface area contributed by atoms with Crippen LogP contribution in [0.3, 0.4) is 0 Å². The predicted molar refractivity (Wildman–Crippen MR) is 109 cm³/mol. The molecule has 3 aromatic rings. The Morgan fingerprint density at radius 1 is 0.926 bits per heavy atom. The Balaban J connectivity index is 1.90. The van der Waals surface area contributed by atoms with Crippen molar-refractivity contribution in [3.63, 3.8) is 0 Å². The van der Waals surface area contributed by atoms with Crippen LogP contribution in [0.15, 0.2) is 66.7 Å². The van der Waals surface area contributed by atoms with Crippen LogP contribution in [0.25, 0.3) is 11.4 Å². The van der Waals surface area contributed by atoms with Crippen LogP contribution in [0.4, 0.5) is 5.82 Å². The quantitative estimate of drug-likeness (QED) is 0.694. The maximum absolute atomic E-state index is 12.7. The fourth-order valence-corrected chi connectivity index (χ4v) is 2.85. The van der Waals surface area contributed by atoms with Crippen molar-refractivity contribution in [1.82, 2.24) is 15.3 Å². The van der Waals surface area contributed by atoms with Crippen molar-refractivity contribution in [2.45, 2.75) is 20.4 Å². The topological polar surface area (TPSA) is 58.1 Å². The molecule has 0 saturated carbocycles. The van der Waals surface area contributed by atoms with Gasteiger partial charge in [0.05, 0.1) is 0 Å². The molecule has 1 amide bonds. The van der Waals surface area contributed by atoms with Crippen molar-refractivity contribution in [2.24, 2.45) is 0 Å². The number of aromatic nitrogens is 2. The minimum Gasteiger partial charge on any atom is -0.357 e. The lowest BCUT2D eigenvalue weighted by Gasteiger charge is -2.21. The SMILES string of the molecule is CCN(CC)c1cc(C(=O)NCc2ccccc2)nc(-c2ccccc2)n1. The molecule has 5 nitrogen and oxygen atoms in total. The highest BCUT2D eigenvalue weighted by molar-refractivity contribution is 5.93. The number of hydrogen-bond donors (Lipinski definition) is 1. The molecule has 0 radical (unpaired) electrons. The molecule has 0 aliphatic carbocycles. The number of rotatable bonds is 7. The number of anilines is 1. The van der Waals surface area contributed by atoms with E-state index in [1.807, 2.05) is 60.7 Å². The van der Waals surface area contributed by atoms with E-state index in [0.717, 1.165) is 30.0 Å². The smallest absolute Gasteiger partial charge is 0.270 e. The van der Waals surface area contributed by atoms with Gasteiger partial charge in [0, 0.05) is 31.3 Å². The van der Waals surface area contributed by atoms with Gasteiger partial charge >= 0.3 is 0 Å². The second-order valence-corrected chi connectivity index (χ2v) is 6.14. The highest BCUT2D eigenvalue weighted by Gasteiger charge is 2.15. The fraction of sp³-hybridized carbons (Fsp3) is 0.227. The number of nitrogens with one attached hydrogen (secondary N) is 1. The Bertz CT molecular complexity index is 877. The molecule has 0 aliphatic rings. The molecule has 0 saturated heterocycles. The molecule has 1 aromatic heterocycles. The van der Waals surface area contributed by atoms with Crippen LogP contribution in [0.5, 0.6) is 0 Å². The Labute approximate surface area is 160 Å². The minimum absolute atomic E-state index is 0.202. The maximum atomic E-state index is 12.7. The van der Waals surface area contributed by atoms with Gasteiger partial charge < -0.3 is 10.2 Å². The first-order valence-corrected chi connectivity index (χ1v) is 9.22. The molecular weight excluding hydrogens is 336 g/mol. The van der Waals surface area contributed by atoms with Crippen molar-refractivity contribution in [3.8, 4) is 11.4 Å². The third-order valence-electron chi connectivity index (χ3n) is 4.36. The summed E-state index contributed by atoms with van der Waals surface area (Å²) >= 11 is 0. The zero-order chi connectivity index (χ0) is 19.1. The third-order valence-corrected chi connectivity index (χ3v) is 4.36. The van der Waals surface area contributed by atoms with Crippen molar-refractivity contribution in [3.05, 3.63) is 78.0 Å². The van der Waals surface area contributed by atoms with Crippen molar-refractivity contribution < 1.29 is 4.79 Å². The summed E-state index contributed by atoms with van der Waals surface area (Å²) < 4.78 is 0. The molecule has 27 heavy (non-hydrogen) atoms. The van der Waals surface area contributed by atoms with Crippen LogP contribution < -0.4 is 10.2 Å². The van der Waals surface area contributed by atoms with Crippen LogP contribution in [-0.4, -0.2) is 29.0 Å². The van der Waals surface area contributed by atoms with Gasteiger partial charge in [-0.25, -0.2) is 9.97 Å². The van der Waals surface area contributed by atoms with Gasteiger partial charge in [0.2, 0.25) is 0 Å². The first-order valence-electron chi connectivity index (χ1n) is 9.22. The van der Waals surface area contributed by atoms with Gasteiger partial charge in [0.15, 0.2) is 5.82 Å². The molecule has 138 valence electrons. The summed E-state index contributed by atoms with van der Waals surface area (Å²) in [6.07, 6.45) is 0. The summed E-state index contributed by atoms with van der Waals surface area (Å²) in [6.45, 7) is 6.23. The van der Waals surface area contributed by atoms with Gasteiger partial charge in [-0.05, 0) is 19.4 Å². The molecule has 5 heteroatoms. The molecule has 2 aromatic carbocycles. The molecular formula is C22H24N4O. The van der Waals surface area contributed by atoms with E-state index in [2.05, 4.69) is 34.0 Å². The van der Waals surface area contributed by atoms with Gasteiger partial charge in [-0.1, -0.05) is 60.7 Å². The number of carbonyl (C=O) groups excluding carboxylic acids is 1. The van der Waals surface area contributed by atoms with Crippen LogP contribution in [0.2, 0.25) is 0 Å². The Kier molecular flexibility index (Phi) is 6.15. The van der Waals surface area contributed by atoms with Crippen molar-refractivity contribution in [1.29, 1.82) is 0 Å². The van der Waals surface area contributed by atoms with Crippen molar-refractivity contribution >= 4 is 11.7 Å². The zero-order valence-electron chi connectivity index (χ0n) is 15.7. The summed E-state index contributed by atoms with van der Waals surface area (Å²) in [7, 11) is 0. The molecule has 3 rings (SSSR count). The standard InChI is InChI=1S/C22H24N4O/c1-3-26(4-2)20-15-19(22(27)23-16-17-11-7-5-8-12-17)24-21(25-20)18-13-9-6-10-14-18/h5-15H,3-4,16H2,1-2H3,(H,23,27). The highest BCUT2D eigenvalue weighted by atomic mass is 16.1. The van der Waals surface area contributed by atoms with Crippen molar-refractivity contribution in [2.75, 3.05) is 18.0 Å². The second-order valence-electron chi connectivity index (χ2n) is 6.14. The van der Waals surface area contributed by atoms with E-state index in [9.17, 15) is 4.79 Å². The Hall–Kier alpha value is -3.21. The minimum atomic E-state index is -0.202. The molecule has 0 aliphatic heterocycles. The van der Waals surface area contributed by atoms with E-state index in [1.165, 1.54) is 0 Å². The van der Waals surface area contributed by atoms with Gasteiger partial charge in [-0.15, -0.1) is 0 Å². The van der Waals surface area contributed by atoms with Crippen LogP contribution in [-0.2, 0) is 6.54 Å². The molecule has 1 N–H and O–H groups in total. The van der Waals surface area contributed by atoms with Crippen LogP contribution in [0, 0.1) is 0 Å². The zero-order valence-corrected chi connectivity index (χ0v) is 15.7. The summed E-state index contributed by atoms with van der Waals surface area (Å²) in [4.78, 5) is 24.0. The molecule has 0 unspecified atom stereocenters. The summed E-state index contributed by atoms with van der Waals surface area (Å²) in [5.41, 5.74) is 2.32. The number of hydrogen-bond acceptors (Lipinski definition) is 4. The monoisotopic (exact) mass is 360 g/mol. The van der Waals surface area contributed by atoms with Gasteiger partial charge in [-0.3, -0.25) is 4.79 Å². The summed E-state index contributed by atoms with van der Waals surface area (Å²) in [6, 6.07) is 21.3. The molecule has 0 bridgehead atoms. The van der Waals surface area contributed by atoms with E-state index in [-0.39, 0.29) is 5.91 Å². The first kappa shape index (κ1) is 18.6. The first-order chi connectivity index (χ1) is 13.2. The second kappa shape index (κ2) is 8.94. The van der Waals surface area contributed by atoms with E-state index < -0.39 is 0 Å². The molecule has 0 spiro atoms. The third kappa shape index (κ3) is 4.70. The van der Waals surface area contributed by atoms with E-state index >= 15 is 0 Å². The maximum Gasteiger partial charge on any atom is 0.270 e. The van der Waals surface area contributed by atoms with Gasteiger partial charge in [0.1, 0.15) is 11.5 Å². The number of amides is 1. The molecule has 1 heterocycles. The predicted octanol–water partition coefficient (Wildman–Crippen LogP) is 3.92. The number of benzene rings is 2. The van der Waals surface area contributed by atoms with E-state index in [4.69, 9.17) is 0 Å². The Morgan fingerprint density at radius 3 is 2.19 bits per heavy atom. The largest absolute Gasteiger partial charge is 0.357 e. The Morgan fingerprint density at radius 2 is 1.56 bits per heavy atom.